The molecule has 0 aliphatic carbocycles. The average Bonchev–Trinajstić information content (AvgIpc) is 2.88. The van der Waals surface area contributed by atoms with Crippen LogP contribution in [-0.2, 0) is 10.8 Å². The summed E-state index contributed by atoms with van der Waals surface area (Å²) in [5.74, 6) is 0.140. The van der Waals surface area contributed by atoms with Crippen LogP contribution in [0.4, 0.5) is 5.69 Å². The van der Waals surface area contributed by atoms with Gasteiger partial charge >= 0.3 is 0 Å². The maximum absolute atomic E-state index is 11.8. The minimum absolute atomic E-state index is 0.288. The zero-order chi connectivity index (χ0) is 14.5. The quantitative estimate of drug-likeness (QED) is 0.788. The van der Waals surface area contributed by atoms with E-state index in [0.29, 0.717) is 23.7 Å². The van der Waals surface area contributed by atoms with E-state index in [4.69, 9.17) is 5.73 Å². The van der Waals surface area contributed by atoms with Gasteiger partial charge in [-0.05, 0) is 18.2 Å². The molecule has 0 saturated carbocycles. The number of amides is 1. The Bertz CT molecular complexity index is 639. The molecule has 0 radical (unpaired) electrons. The Morgan fingerprint density at radius 2 is 2.15 bits per heavy atom. The second-order valence-electron chi connectivity index (χ2n) is 4.24. The number of hydrogen-bond acceptors (Lipinski definition) is 4. The van der Waals surface area contributed by atoms with E-state index in [9.17, 15) is 9.00 Å². The van der Waals surface area contributed by atoms with Gasteiger partial charge in [-0.25, -0.2) is 4.68 Å². The maximum atomic E-state index is 11.8. The summed E-state index contributed by atoms with van der Waals surface area (Å²) in [6.45, 7) is 0.363. The predicted molar refractivity (Wildman–Crippen MR) is 79.2 cm³/mol. The van der Waals surface area contributed by atoms with E-state index >= 15 is 0 Å². The molecule has 1 amide bonds. The van der Waals surface area contributed by atoms with Crippen molar-refractivity contribution in [2.24, 2.45) is 0 Å². The Morgan fingerprint density at radius 3 is 2.85 bits per heavy atom. The lowest BCUT2D eigenvalue weighted by Crippen LogP contribution is -2.28. The molecule has 1 heterocycles. The number of hydrogen-bond donors (Lipinski definition) is 2. The van der Waals surface area contributed by atoms with Gasteiger partial charge in [0.2, 0.25) is 0 Å². The number of carbonyl (C=O) groups is 1. The standard InChI is InChI=1S/C13H16N4O2S/c1-20(19)9-7-15-13(18)11-6-8-17(16-11)12-5-3-2-4-10(12)14/h2-6,8H,7,9,14H2,1H3,(H,15,18). The van der Waals surface area contributed by atoms with Gasteiger partial charge in [-0.15, -0.1) is 0 Å². The highest BCUT2D eigenvalue weighted by Crippen LogP contribution is 2.15. The molecule has 1 aromatic heterocycles. The molecule has 106 valence electrons. The third-order valence-electron chi connectivity index (χ3n) is 2.68. The van der Waals surface area contributed by atoms with Gasteiger partial charge in [0, 0.05) is 35.5 Å². The van der Waals surface area contributed by atoms with Crippen LogP contribution in [0.25, 0.3) is 5.69 Å². The molecule has 6 nitrogen and oxygen atoms in total. The summed E-state index contributed by atoms with van der Waals surface area (Å²) >= 11 is 0. The molecule has 7 heteroatoms. The van der Waals surface area contributed by atoms with E-state index in [1.54, 1.807) is 29.3 Å². The number of nitrogens with one attached hydrogen (secondary N) is 1. The topological polar surface area (TPSA) is 90.0 Å². The van der Waals surface area contributed by atoms with Crippen molar-refractivity contribution < 1.29 is 9.00 Å². The van der Waals surface area contributed by atoms with E-state index in [1.807, 2.05) is 18.2 Å². The van der Waals surface area contributed by atoms with Gasteiger partial charge in [0.15, 0.2) is 5.69 Å². The summed E-state index contributed by atoms with van der Waals surface area (Å²) in [6.07, 6.45) is 3.28. The molecule has 0 aliphatic heterocycles. The Morgan fingerprint density at radius 1 is 1.40 bits per heavy atom. The number of para-hydroxylation sites is 2. The van der Waals surface area contributed by atoms with E-state index in [0.717, 1.165) is 5.69 Å². The highest BCUT2D eigenvalue weighted by molar-refractivity contribution is 7.84. The third kappa shape index (κ3) is 3.45. The van der Waals surface area contributed by atoms with Crippen LogP contribution in [-0.4, -0.2) is 38.4 Å². The van der Waals surface area contributed by atoms with Crippen LogP contribution in [0.15, 0.2) is 36.5 Å². The van der Waals surface area contributed by atoms with Gasteiger partial charge in [0.1, 0.15) is 0 Å². The number of rotatable bonds is 5. The summed E-state index contributed by atoms with van der Waals surface area (Å²) in [4.78, 5) is 11.8. The largest absolute Gasteiger partial charge is 0.397 e. The summed E-state index contributed by atoms with van der Waals surface area (Å²) in [7, 11) is -0.923. The Kier molecular flexibility index (Phi) is 4.52. The van der Waals surface area contributed by atoms with Crippen molar-refractivity contribution in [3.63, 3.8) is 0 Å². The highest BCUT2D eigenvalue weighted by atomic mass is 32.2. The number of nitrogens with zero attached hydrogens (tertiary/aromatic N) is 2. The zero-order valence-corrected chi connectivity index (χ0v) is 11.9. The smallest absolute Gasteiger partial charge is 0.271 e. The summed E-state index contributed by atoms with van der Waals surface area (Å²) in [6, 6.07) is 8.90. The van der Waals surface area contributed by atoms with Crippen LogP contribution in [0.5, 0.6) is 0 Å². The average molecular weight is 292 g/mol. The van der Waals surface area contributed by atoms with Gasteiger partial charge < -0.3 is 11.1 Å². The Balaban J connectivity index is 2.07. The Labute approximate surface area is 119 Å². The monoisotopic (exact) mass is 292 g/mol. The number of carbonyl (C=O) groups excluding carboxylic acids is 1. The second-order valence-corrected chi connectivity index (χ2v) is 5.79. The van der Waals surface area contributed by atoms with E-state index in [2.05, 4.69) is 10.4 Å². The number of anilines is 1. The maximum Gasteiger partial charge on any atom is 0.271 e. The first kappa shape index (κ1) is 14.3. The summed E-state index contributed by atoms with van der Waals surface area (Å²) in [5, 5.41) is 6.86. The first-order chi connectivity index (χ1) is 9.58. The molecule has 1 atom stereocenters. The summed E-state index contributed by atoms with van der Waals surface area (Å²) < 4.78 is 12.5. The molecular weight excluding hydrogens is 276 g/mol. The lowest BCUT2D eigenvalue weighted by Gasteiger charge is -2.04. The molecule has 0 fully saturated rings. The molecule has 3 N–H and O–H groups in total. The van der Waals surface area contributed by atoms with Gasteiger partial charge in [0.25, 0.3) is 5.91 Å². The normalized spacial score (nSPS) is 12.1. The lowest BCUT2D eigenvalue weighted by atomic mass is 10.3. The number of nitrogens with two attached hydrogens (primary N) is 1. The van der Waals surface area contributed by atoms with Crippen LogP contribution in [0, 0.1) is 0 Å². The van der Waals surface area contributed by atoms with Crippen molar-refractivity contribution in [3.05, 3.63) is 42.2 Å². The number of benzene rings is 1. The van der Waals surface area contributed by atoms with Crippen LogP contribution >= 0.6 is 0 Å². The molecule has 0 bridgehead atoms. The minimum atomic E-state index is -0.923. The molecule has 2 aromatic rings. The minimum Gasteiger partial charge on any atom is -0.397 e. The molecule has 0 aliphatic rings. The third-order valence-corrected chi connectivity index (χ3v) is 3.46. The van der Waals surface area contributed by atoms with Gasteiger partial charge in [-0.3, -0.25) is 9.00 Å². The van der Waals surface area contributed by atoms with Gasteiger partial charge in [-0.2, -0.15) is 5.10 Å². The van der Waals surface area contributed by atoms with Gasteiger partial charge in [-0.1, -0.05) is 12.1 Å². The summed E-state index contributed by atoms with van der Waals surface area (Å²) in [5.41, 5.74) is 7.47. The van der Waals surface area contributed by atoms with Crippen LogP contribution < -0.4 is 11.1 Å². The molecular formula is C13H16N4O2S. The number of nitrogen functional groups attached to an aromatic ring is 1. The van der Waals surface area contributed by atoms with Crippen LogP contribution in [0.3, 0.4) is 0 Å². The first-order valence-electron chi connectivity index (χ1n) is 6.06. The van der Waals surface area contributed by atoms with Crippen LogP contribution in [0.1, 0.15) is 10.5 Å². The molecule has 1 aromatic carbocycles. The van der Waals surface area contributed by atoms with Crippen molar-refractivity contribution in [1.82, 2.24) is 15.1 Å². The van der Waals surface area contributed by atoms with Crippen LogP contribution in [0.2, 0.25) is 0 Å². The lowest BCUT2D eigenvalue weighted by molar-refractivity contribution is 0.0951. The molecule has 20 heavy (non-hydrogen) atoms. The van der Waals surface area contributed by atoms with Crippen molar-refractivity contribution >= 4 is 22.4 Å². The van der Waals surface area contributed by atoms with E-state index in [-0.39, 0.29) is 5.91 Å². The fourth-order valence-corrected chi connectivity index (χ4v) is 2.06. The predicted octanol–water partition coefficient (Wildman–Crippen LogP) is 0.563. The SMILES string of the molecule is CS(=O)CCNC(=O)c1ccn(-c2ccccc2N)n1. The van der Waals surface area contributed by atoms with Crippen molar-refractivity contribution in [2.75, 3.05) is 24.3 Å². The highest BCUT2D eigenvalue weighted by Gasteiger charge is 2.10. The molecule has 0 spiro atoms. The van der Waals surface area contributed by atoms with Crippen molar-refractivity contribution in [1.29, 1.82) is 0 Å². The molecule has 1 unspecified atom stereocenters. The van der Waals surface area contributed by atoms with Crippen molar-refractivity contribution in [3.8, 4) is 5.69 Å². The Hall–Kier alpha value is -2.15. The van der Waals surface area contributed by atoms with E-state index < -0.39 is 10.8 Å². The van der Waals surface area contributed by atoms with E-state index in [1.165, 1.54) is 0 Å². The fraction of sp³-hybridized carbons (Fsp3) is 0.231. The molecule has 0 saturated heterocycles. The molecule has 2 rings (SSSR count). The zero-order valence-electron chi connectivity index (χ0n) is 11.1. The second kappa shape index (κ2) is 6.33. The number of aromatic nitrogens is 2. The first-order valence-corrected chi connectivity index (χ1v) is 7.79. The fourth-order valence-electron chi connectivity index (χ4n) is 1.67. The van der Waals surface area contributed by atoms with Crippen molar-refractivity contribution in [2.45, 2.75) is 0 Å². The van der Waals surface area contributed by atoms with Gasteiger partial charge in [0.05, 0.1) is 11.4 Å².